The number of benzene rings is 2. The number of carbonyl (C=O) groups is 2. The monoisotopic (exact) mass is 415 g/mol. The van der Waals surface area contributed by atoms with Crippen molar-refractivity contribution >= 4 is 40.6 Å². The number of halogens is 2. The molecule has 1 saturated carbocycles. The third-order valence-corrected chi connectivity index (χ3v) is 7.12. The number of carbonyl (C=O) groups excluding carboxylic acids is 2. The van der Waals surface area contributed by atoms with Gasteiger partial charge >= 0.3 is 0 Å². The normalized spacial score (nSPS) is 27.6. The van der Waals surface area contributed by atoms with Crippen LogP contribution in [0.2, 0.25) is 10.0 Å². The second kappa shape index (κ2) is 7.20. The van der Waals surface area contributed by atoms with Crippen molar-refractivity contribution in [1.82, 2.24) is 0 Å². The number of hydrogen-bond acceptors (Lipinski definition) is 2. The van der Waals surface area contributed by atoms with Crippen LogP contribution in [-0.4, -0.2) is 11.7 Å². The van der Waals surface area contributed by atoms with Crippen molar-refractivity contribution in [3.8, 4) is 0 Å². The lowest BCUT2D eigenvalue weighted by Crippen LogP contribution is -2.53. The summed E-state index contributed by atoms with van der Waals surface area (Å²) in [5, 5.41) is 4.27. The van der Waals surface area contributed by atoms with Crippen molar-refractivity contribution in [2.45, 2.75) is 44.4 Å². The molecule has 4 atom stereocenters. The fourth-order valence-corrected chi connectivity index (χ4v) is 5.59. The van der Waals surface area contributed by atoms with Gasteiger partial charge in [0.05, 0.1) is 5.41 Å². The second-order valence-corrected chi connectivity index (χ2v) is 8.93. The van der Waals surface area contributed by atoms with Crippen LogP contribution < -0.4 is 5.32 Å². The number of anilines is 1. The number of nitrogens with one attached hydrogen (secondary N) is 1. The number of Topliss-reactive ketones (excluding diaryl/α,β-unsaturated/α-hetero) is 1. The van der Waals surface area contributed by atoms with E-state index in [1.54, 1.807) is 0 Å². The van der Waals surface area contributed by atoms with E-state index in [-0.39, 0.29) is 29.4 Å². The molecule has 1 aliphatic carbocycles. The highest BCUT2D eigenvalue weighted by molar-refractivity contribution is 6.31. The van der Waals surface area contributed by atoms with Gasteiger partial charge in [-0.3, -0.25) is 9.59 Å². The zero-order chi connectivity index (χ0) is 20.1. The van der Waals surface area contributed by atoms with Crippen LogP contribution in [0.5, 0.6) is 0 Å². The van der Waals surface area contributed by atoms with Crippen molar-refractivity contribution in [1.29, 1.82) is 0 Å². The Kier molecular flexibility index (Phi) is 5.01. The minimum atomic E-state index is -0.798. The lowest BCUT2D eigenvalue weighted by atomic mass is 9.52. The Morgan fingerprint density at radius 1 is 1.11 bits per heavy atom. The lowest BCUT2D eigenvalue weighted by molar-refractivity contribution is -0.132. The average Bonchev–Trinajstić information content (AvgIpc) is 2.94. The standard InChI is InChI=1S/C23H23Cl2NO2/c1-3-13(2)19-11-17(27)12-20(14-5-4-6-15(24)9-14)23(19)18-8-7-16(25)10-21(18)26-22(23)28/h4-10,13,19-20H,3,11-12H2,1-2H3,(H,26,28). The molecule has 4 rings (SSSR count). The molecular weight excluding hydrogens is 393 g/mol. The molecule has 0 saturated heterocycles. The maximum atomic E-state index is 13.6. The minimum absolute atomic E-state index is 0.0347. The van der Waals surface area contributed by atoms with E-state index in [9.17, 15) is 9.59 Å². The molecule has 28 heavy (non-hydrogen) atoms. The third-order valence-electron chi connectivity index (χ3n) is 6.65. The van der Waals surface area contributed by atoms with Crippen LogP contribution in [0.4, 0.5) is 5.69 Å². The van der Waals surface area contributed by atoms with Crippen LogP contribution in [0, 0.1) is 11.8 Å². The van der Waals surface area contributed by atoms with Crippen LogP contribution >= 0.6 is 23.2 Å². The number of fused-ring (bicyclic) bond motifs is 2. The molecule has 0 bridgehead atoms. The molecule has 2 aromatic rings. The molecular formula is C23H23Cl2NO2. The summed E-state index contributed by atoms with van der Waals surface area (Å²) < 4.78 is 0. The van der Waals surface area contributed by atoms with Crippen molar-refractivity contribution in [3.05, 3.63) is 63.6 Å². The summed E-state index contributed by atoms with van der Waals surface area (Å²) in [5.74, 6) is 0.0565. The number of ketones is 1. The Bertz CT molecular complexity index is 957. The Labute approximate surface area is 175 Å². The molecule has 1 fully saturated rings. The molecule has 146 valence electrons. The molecule has 1 amide bonds. The summed E-state index contributed by atoms with van der Waals surface area (Å²) >= 11 is 12.5. The number of amides is 1. The lowest BCUT2D eigenvalue weighted by Gasteiger charge is -2.48. The van der Waals surface area contributed by atoms with Gasteiger partial charge in [0, 0.05) is 34.5 Å². The van der Waals surface area contributed by atoms with Crippen LogP contribution in [-0.2, 0) is 15.0 Å². The smallest absolute Gasteiger partial charge is 0.236 e. The maximum Gasteiger partial charge on any atom is 0.236 e. The van der Waals surface area contributed by atoms with Gasteiger partial charge in [0.1, 0.15) is 5.78 Å². The molecule has 2 aromatic carbocycles. The Morgan fingerprint density at radius 3 is 2.57 bits per heavy atom. The summed E-state index contributed by atoms with van der Waals surface area (Å²) in [5.41, 5.74) is 1.84. The van der Waals surface area contributed by atoms with E-state index in [0.717, 1.165) is 23.2 Å². The van der Waals surface area contributed by atoms with Crippen molar-refractivity contribution in [2.24, 2.45) is 11.8 Å². The van der Waals surface area contributed by atoms with Gasteiger partial charge in [-0.1, -0.05) is 61.7 Å². The van der Waals surface area contributed by atoms with E-state index in [0.29, 0.717) is 22.9 Å². The highest BCUT2D eigenvalue weighted by Gasteiger charge is 2.61. The minimum Gasteiger partial charge on any atom is -0.325 e. The van der Waals surface area contributed by atoms with Crippen LogP contribution in [0.1, 0.15) is 50.2 Å². The second-order valence-electron chi connectivity index (χ2n) is 8.06. The van der Waals surface area contributed by atoms with Gasteiger partial charge in [-0.05, 0) is 47.2 Å². The Hall–Kier alpha value is -1.84. The van der Waals surface area contributed by atoms with E-state index in [4.69, 9.17) is 23.2 Å². The average molecular weight is 416 g/mol. The van der Waals surface area contributed by atoms with E-state index in [2.05, 4.69) is 19.2 Å². The van der Waals surface area contributed by atoms with Gasteiger partial charge in [-0.25, -0.2) is 0 Å². The molecule has 4 unspecified atom stereocenters. The maximum absolute atomic E-state index is 13.6. The molecule has 0 aromatic heterocycles. The molecule has 5 heteroatoms. The van der Waals surface area contributed by atoms with Gasteiger partial charge in [-0.15, -0.1) is 0 Å². The first-order valence-electron chi connectivity index (χ1n) is 9.76. The number of rotatable bonds is 3. The predicted molar refractivity (Wildman–Crippen MR) is 113 cm³/mol. The largest absolute Gasteiger partial charge is 0.325 e. The Morgan fingerprint density at radius 2 is 1.86 bits per heavy atom. The highest BCUT2D eigenvalue weighted by atomic mass is 35.5. The summed E-state index contributed by atoms with van der Waals surface area (Å²) in [6.07, 6.45) is 1.66. The van der Waals surface area contributed by atoms with E-state index >= 15 is 0 Å². The molecule has 1 spiro atoms. The molecule has 1 heterocycles. The quantitative estimate of drug-likeness (QED) is 0.668. The molecule has 1 aliphatic heterocycles. The Balaban J connectivity index is 1.99. The zero-order valence-electron chi connectivity index (χ0n) is 16.0. The van der Waals surface area contributed by atoms with Crippen molar-refractivity contribution in [2.75, 3.05) is 5.32 Å². The zero-order valence-corrected chi connectivity index (χ0v) is 17.5. The molecule has 2 aliphatic rings. The summed E-state index contributed by atoms with van der Waals surface area (Å²) in [7, 11) is 0. The van der Waals surface area contributed by atoms with Crippen molar-refractivity contribution in [3.63, 3.8) is 0 Å². The summed E-state index contributed by atoms with van der Waals surface area (Å²) in [6.45, 7) is 4.25. The first-order valence-corrected chi connectivity index (χ1v) is 10.5. The van der Waals surface area contributed by atoms with Gasteiger partial charge < -0.3 is 5.32 Å². The topological polar surface area (TPSA) is 46.2 Å². The van der Waals surface area contributed by atoms with Gasteiger partial charge in [-0.2, -0.15) is 0 Å². The number of hydrogen-bond donors (Lipinski definition) is 1. The first kappa shape index (κ1) is 19.5. The van der Waals surface area contributed by atoms with E-state index in [1.165, 1.54) is 0 Å². The summed E-state index contributed by atoms with van der Waals surface area (Å²) in [4.78, 5) is 26.4. The fourth-order valence-electron chi connectivity index (χ4n) is 5.22. The van der Waals surface area contributed by atoms with Crippen LogP contribution in [0.25, 0.3) is 0 Å². The van der Waals surface area contributed by atoms with Gasteiger partial charge in [0.2, 0.25) is 5.91 Å². The third kappa shape index (κ3) is 2.87. The molecule has 3 nitrogen and oxygen atoms in total. The first-order chi connectivity index (χ1) is 13.4. The van der Waals surface area contributed by atoms with Crippen LogP contribution in [0.3, 0.4) is 0 Å². The van der Waals surface area contributed by atoms with Gasteiger partial charge in [0.15, 0.2) is 0 Å². The van der Waals surface area contributed by atoms with Gasteiger partial charge in [0.25, 0.3) is 0 Å². The van der Waals surface area contributed by atoms with Crippen LogP contribution in [0.15, 0.2) is 42.5 Å². The van der Waals surface area contributed by atoms with Crippen molar-refractivity contribution < 1.29 is 9.59 Å². The highest BCUT2D eigenvalue weighted by Crippen LogP contribution is 2.59. The van der Waals surface area contributed by atoms with E-state index < -0.39 is 5.41 Å². The SMILES string of the molecule is CCC(C)C1CC(=O)CC(c2cccc(Cl)c2)C12C(=O)Nc1cc(Cl)ccc12. The molecule has 0 radical (unpaired) electrons. The van der Waals surface area contributed by atoms with E-state index in [1.807, 2.05) is 42.5 Å². The fraction of sp³-hybridized carbons (Fsp3) is 0.391. The predicted octanol–water partition coefficient (Wildman–Crippen LogP) is 5.99. The summed E-state index contributed by atoms with van der Waals surface area (Å²) in [6, 6.07) is 13.2. The molecule has 1 N–H and O–H groups in total.